The second-order valence-corrected chi connectivity index (χ2v) is 6.92. The molecule has 1 atom stereocenters. The van der Waals surface area contributed by atoms with Gasteiger partial charge in [-0.1, -0.05) is 12.8 Å². The molecule has 2 amide bonds. The highest BCUT2D eigenvalue weighted by Gasteiger charge is 2.24. The van der Waals surface area contributed by atoms with Crippen molar-refractivity contribution in [3.05, 3.63) is 29.8 Å². The van der Waals surface area contributed by atoms with Gasteiger partial charge in [-0.3, -0.25) is 9.59 Å². The molecule has 0 spiro atoms. The van der Waals surface area contributed by atoms with Crippen LogP contribution in [-0.4, -0.2) is 35.8 Å². The number of benzene rings is 1. The van der Waals surface area contributed by atoms with Gasteiger partial charge in [0.2, 0.25) is 5.91 Å². The number of amides is 2. The average molecular weight is 345 g/mol. The number of nitrogens with zero attached hydrogens (tertiary/aromatic N) is 1. The Balaban J connectivity index is 1.81. The highest BCUT2D eigenvalue weighted by atomic mass is 16.2. The molecule has 0 aliphatic carbocycles. The summed E-state index contributed by atoms with van der Waals surface area (Å²) < 4.78 is 0. The van der Waals surface area contributed by atoms with Crippen molar-refractivity contribution in [3.8, 4) is 0 Å². The van der Waals surface area contributed by atoms with E-state index in [1.165, 1.54) is 6.42 Å². The first-order valence-corrected chi connectivity index (χ1v) is 9.53. The van der Waals surface area contributed by atoms with Crippen molar-refractivity contribution in [1.82, 2.24) is 4.90 Å². The number of hydrogen-bond donors (Lipinski definition) is 2. The van der Waals surface area contributed by atoms with Crippen LogP contribution in [0.1, 0.15) is 68.6 Å². The number of likely N-dealkylation sites (tertiary alicyclic amines) is 1. The normalized spacial score (nSPS) is 17.4. The van der Waals surface area contributed by atoms with Gasteiger partial charge in [0.05, 0.1) is 0 Å². The number of nitrogens with two attached hydrogens (primary N) is 1. The third kappa shape index (κ3) is 6.16. The summed E-state index contributed by atoms with van der Waals surface area (Å²) in [4.78, 5) is 26.5. The quantitative estimate of drug-likeness (QED) is 0.708. The molecule has 1 aromatic carbocycles. The van der Waals surface area contributed by atoms with Crippen LogP contribution in [-0.2, 0) is 4.79 Å². The maximum Gasteiger partial charge on any atom is 0.254 e. The minimum atomic E-state index is 0.0245. The molecule has 1 unspecified atom stereocenters. The highest BCUT2D eigenvalue weighted by Crippen LogP contribution is 2.20. The number of rotatable bonds is 8. The van der Waals surface area contributed by atoms with E-state index in [4.69, 9.17) is 5.73 Å². The minimum Gasteiger partial charge on any atom is -0.336 e. The Hall–Kier alpha value is -1.88. The lowest BCUT2D eigenvalue weighted by atomic mass is 10.0. The Morgan fingerprint density at radius 1 is 1.12 bits per heavy atom. The maximum absolute atomic E-state index is 12.6. The predicted molar refractivity (Wildman–Crippen MR) is 102 cm³/mol. The van der Waals surface area contributed by atoms with E-state index >= 15 is 0 Å². The van der Waals surface area contributed by atoms with Crippen LogP contribution >= 0.6 is 0 Å². The zero-order valence-electron chi connectivity index (χ0n) is 15.3. The molecular weight excluding hydrogens is 314 g/mol. The van der Waals surface area contributed by atoms with E-state index in [2.05, 4.69) is 12.2 Å². The van der Waals surface area contributed by atoms with Crippen LogP contribution in [0.2, 0.25) is 0 Å². The topological polar surface area (TPSA) is 75.4 Å². The van der Waals surface area contributed by atoms with E-state index in [-0.39, 0.29) is 11.8 Å². The smallest absolute Gasteiger partial charge is 0.254 e. The van der Waals surface area contributed by atoms with Gasteiger partial charge in [0.15, 0.2) is 0 Å². The fourth-order valence-electron chi connectivity index (χ4n) is 3.27. The number of piperidine rings is 1. The molecule has 0 radical (unpaired) electrons. The molecule has 138 valence electrons. The van der Waals surface area contributed by atoms with Gasteiger partial charge in [-0.05, 0) is 69.8 Å². The standard InChI is InChI=1S/C20H31N3O2/c1-16-8-5-7-15-23(16)20(25)17-10-12-18(13-11-17)22-19(24)9-4-2-3-6-14-21/h10-13,16H,2-9,14-15,21H2,1H3,(H,22,24). The van der Waals surface area contributed by atoms with E-state index < -0.39 is 0 Å². The minimum absolute atomic E-state index is 0.0245. The van der Waals surface area contributed by atoms with Gasteiger partial charge in [-0.2, -0.15) is 0 Å². The third-order valence-corrected chi connectivity index (χ3v) is 4.84. The number of hydrogen-bond acceptors (Lipinski definition) is 3. The summed E-state index contributed by atoms with van der Waals surface area (Å²) in [6, 6.07) is 7.54. The first-order chi connectivity index (χ1) is 12.1. The van der Waals surface area contributed by atoms with Crippen molar-refractivity contribution >= 4 is 17.5 Å². The SMILES string of the molecule is CC1CCCCN1C(=O)c1ccc(NC(=O)CCCCCCN)cc1. The average Bonchev–Trinajstić information content (AvgIpc) is 2.62. The largest absolute Gasteiger partial charge is 0.336 e. The lowest BCUT2D eigenvalue weighted by molar-refractivity contribution is -0.116. The predicted octanol–water partition coefficient (Wildman–Crippen LogP) is 3.55. The van der Waals surface area contributed by atoms with Gasteiger partial charge >= 0.3 is 0 Å². The van der Waals surface area contributed by atoms with Crippen molar-refractivity contribution in [2.24, 2.45) is 5.73 Å². The lowest BCUT2D eigenvalue weighted by Gasteiger charge is -2.33. The molecule has 5 heteroatoms. The second kappa shape index (κ2) is 10.2. The van der Waals surface area contributed by atoms with Crippen LogP contribution in [0.25, 0.3) is 0 Å². The van der Waals surface area contributed by atoms with Gasteiger partial charge in [-0.25, -0.2) is 0 Å². The van der Waals surface area contributed by atoms with Gasteiger partial charge < -0.3 is 16.0 Å². The Morgan fingerprint density at radius 3 is 2.52 bits per heavy atom. The fourth-order valence-corrected chi connectivity index (χ4v) is 3.27. The van der Waals surface area contributed by atoms with Gasteiger partial charge in [0, 0.05) is 30.3 Å². The molecule has 25 heavy (non-hydrogen) atoms. The first-order valence-electron chi connectivity index (χ1n) is 9.53. The van der Waals surface area contributed by atoms with Crippen molar-refractivity contribution in [1.29, 1.82) is 0 Å². The lowest BCUT2D eigenvalue weighted by Crippen LogP contribution is -2.42. The molecule has 1 fully saturated rings. The summed E-state index contributed by atoms with van der Waals surface area (Å²) in [5.41, 5.74) is 6.89. The van der Waals surface area contributed by atoms with E-state index in [0.29, 0.717) is 24.6 Å². The molecule has 0 bridgehead atoms. The van der Waals surface area contributed by atoms with Crippen molar-refractivity contribution < 1.29 is 9.59 Å². The number of anilines is 1. The summed E-state index contributed by atoms with van der Waals surface area (Å²) in [5, 5.41) is 2.90. The summed E-state index contributed by atoms with van der Waals surface area (Å²) in [6.07, 6.45) is 7.89. The van der Waals surface area contributed by atoms with Gasteiger partial charge in [0.25, 0.3) is 5.91 Å². The number of carbonyl (C=O) groups excluding carboxylic acids is 2. The Kier molecular flexibility index (Phi) is 7.92. The van der Waals surface area contributed by atoms with Crippen molar-refractivity contribution in [3.63, 3.8) is 0 Å². The molecule has 2 rings (SSSR count). The zero-order chi connectivity index (χ0) is 18.1. The van der Waals surface area contributed by atoms with Crippen LogP contribution in [0.15, 0.2) is 24.3 Å². The van der Waals surface area contributed by atoms with Crippen LogP contribution in [0.5, 0.6) is 0 Å². The molecule has 1 aromatic rings. The second-order valence-electron chi connectivity index (χ2n) is 6.92. The van der Waals surface area contributed by atoms with E-state index in [9.17, 15) is 9.59 Å². The number of unbranched alkanes of at least 4 members (excludes halogenated alkanes) is 3. The van der Waals surface area contributed by atoms with E-state index in [1.54, 1.807) is 12.1 Å². The monoisotopic (exact) mass is 345 g/mol. The van der Waals surface area contributed by atoms with E-state index in [0.717, 1.165) is 50.8 Å². The molecule has 5 nitrogen and oxygen atoms in total. The summed E-state index contributed by atoms with van der Waals surface area (Å²) in [7, 11) is 0. The van der Waals surface area contributed by atoms with Crippen LogP contribution in [0.3, 0.4) is 0 Å². The van der Waals surface area contributed by atoms with Crippen LogP contribution < -0.4 is 11.1 Å². The van der Waals surface area contributed by atoms with Crippen molar-refractivity contribution in [2.45, 2.75) is 64.3 Å². The molecule has 0 saturated carbocycles. The molecule has 0 aromatic heterocycles. The highest BCUT2D eigenvalue weighted by molar-refractivity contribution is 5.96. The number of carbonyl (C=O) groups is 2. The summed E-state index contributed by atoms with van der Waals surface area (Å²) in [6.45, 7) is 3.66. The molecular formula is C20H31N3O2. The van der Waals surface area contributed by atoms with Crippen LogP contribution in [0, 0.1) is 0 Å². The fraction of sp³-hybridized carbons (Fsp3) is 0.600. The molecule has 1 heterocycles. The molecule has 3 N–H and O–H groups in total. The molecule has 1 saturated heterocycles. The summed E-state index contributed by atoms with van der Waals surface area (Å²) >= 11 is 0. The Morgan fingerprint density at radius 2 is 1.84 bits per heavy atom. The Bertz CT molecular complexity index is 557. The van der Waals surface area contributed by atoms with Gasteiger partial charge in [-0.15, -0.1) is 0 Å². The maximum atomic E-state index is 12.6. The third-order valence-electron chi connectivity index (χ3n) is 4.84. The first kappa shape index (κ1) is 19.4. The number of nitrogens with one attached hydrogen (secondary N) is 1. The summed E-state index contributed by atoms with van der Waals surface area (Å²) in [5.74, 6) is 0.112. The van der Waals surface area contributed by atoms with Crippen molar-refractivity contribution in [2.75, 3.05) is 18.4 Å². The van der Waals surface area contributed by atoms with E-state index in [1.807, 2.05) is 17.0 Å². The van der Waals surface area contributed by atoms with Gasteiger partial charge in [0.1, 0.15) is 0 Å². The molecule has 1 aliphatic heterocycles. The molecule has 1 aliphatic rings. The van der Waals surface area contributed by atoms with Crippen LogP contribution in [0.4, 0.5) is 5.69 Å². The Labute approximate surface area is 151 Å². The zero-order valence-corrected chi connectivity index (χ0v) is 15.3.